The van der Waals surface area contributed by atoms with Crippen LogP contribution < -0.4 is 14.4 Å². The molecule has 0 bridgehead atoms. The van der Waals surface area contributed by atoms with Gasteiger partial charge in [-0.1, -0.05) is 48.5 Å². The van der Waals surface area contributed by atoms with Crippen molar-refractivity contribution in [2.75, 3.05) is 25.2 Å². The summed E-state index contributed by atoms with van der Waals surface area (Å²) in [6.45, 7) is 0.497. The second-order valence-corrected chi connectivity index (χ2v) is 7.30. The maximum absolute atomic E-state index is 13.3. The minimum atomic E-state index is -1.94. The van der Waals surface area contributed by atoms with Crippen LogP contribution in [0.1, 0.15) is 22.3 Å². The maximum Gasteiger partial charge on any atom is 0.264 e. The van der Waals surface area contributed by atoms with Crippen molar-refractivity contribution in [2.45, 2.75) is 12.0 Å². The highest BCUT2D eigenvalue weighted by Gasteiger charge is 2.50. The van der Waals surface area contributed by atoms with Gasteiger partial charge >= 0.3 is 0 Å². The Morgan fingerprint density at radius 1 is 0.968 bits per heavy atom. The molecule has 0 radical (unpaired) electrons. The number of para-hydroxylation sites is 3. The lowest BCUT2D eigenvalue weighted by molar-refractivity contribution is -0.135. The molecule has 0 aliphatic carbocycles. The third kappa shape index (κ3) is 3.90. The second-order valence-electron chi connectivity index (χ2n) is 7.30. The number of fused-ring (bicyclic) bond motifs is 1. The molecule has 3 aromatic carbocycles. The van der Waals surface area contributed by atoms with Gasteiger partial charge in [-0.2, -0.15) is 0 Å². The van der Waals surface area contributed by atoms with Gasteiger partial charge in [-0.25, -0.2) is 0 Å². The van der Waals surface area contributed by atoms with Crippen molar-refractivity contribution in [1.82, 2.24) is 0 Å². The van der Waals surface area contributed by atoms with E-state index in [1.54, 1.807) is 48.5 Å². The summed E-state index contributed by atoms with van der Waals surface area (Å²) in [6.07, 6.45) is -0.376. The normalized spacial score (nSPS) is 17.4. The summed E-state index contributed by atoms with van der Waals surface area (Å²) in [7, 11) is 1.48. The quantitative estimate of drug-likeness (QED) is 0.567. The number of hydrogen-bond acceptors (Lipinski definition) is 5. The summed E-state index contributed by atoms with van der Waals surface area (Å²) in [4.78, 5) is 27.8. The average Bonchev–Trinajstić information content (AvgIpc) is 3.01. The molecule has 4 rings (SSSR count). The summed E-state index contributed by atoms with van der Waals surface area (Å²) in [5.74, 6) is 0.200. The van der Waals surface area contributed by atoms with Gasteiger partial charge in [0.25, 0.3) is 5.91 Å². The molecule has 0 saturated heterocycles. The number of rotatable bonds is 8. The summed E-state index contributed by atoms with van der Waals surface area (Å²) in [5.41, 5.74) is -0.613. The van der Waals surface area contributed by atoms with Crippen molar-refractivity contribution in [3.8, 4) is 11.5 Å². The van der Waals surface area contributed by atoms with E-state index < -0.39 is 11.5 Å². The Balaban J connectivity index is 1.56. The number of methoxy groups -OCH3 is 1. The Kier molecular flexibility index (Phi) is 5.73. The number of Topliss-reactive ketones (excluding diaryl/α,β-unsaturated/α-hetero) is 1. The van der Waals surface area contributed by atoms with Crippen molar-refractivity contribution in [3.05, 3.63) is 90.0 Å². The molecule has 1 aliphatic heterocycles. The predicted octanol–water partition coefficient (Wildman–Crippen LogP) is 3.58. The summed E-state index contributed by atoms with van der Waals surface area (Å²) in [5, 5.41) is 11.4. The molecule has 0 saturated carbocycles. The molecule has 6 heteroatoms. The third-order valence-electron chi connectivity index (χ3n) is 5.39. The average molecular weight is 417 g/mol. The minimum Gasteiger partial charge on any atom is -0.496 e. The maximum atomic E-state index is 13.3. The van der Waals surface area contributed by atoms with Gasteiger partial charge < -0.3 is 19.5 Å². The number of carbonyl (C=O) groups is 2. The van der Waals surface area contributed by atoms with E-state index in [2.05, 4.69) is 0 Å². The van der Waals surface area contributed by atoms with Crippen LogP contribution >= 0.6 is 0 Å². The topological polar surface area (TPSA) is 76.1 Å². The van der Waals surface area contributed by atoms with Crippen LogP contribution in [0, 0.1) is 0 Å². The number of hydrogen-bond donors (Lipinski definition) is 1. The molecule has 0 unspecified atom stereocenters. The van der Waals surface area contributed by atoms with E-state index in [0.717, 1.165) is 0 Å². The van der Waals surface area contributed by atoms with E-state index in [-0.39, 0.29) is 25.4 Å². The van der Waals surface area contributed by atoms with Crippen molar-refractivity contribution in [3.63, 3.8) is 0 Å². The smallest absolute Gasteiger partial charge is 0.264 e. The number of benzene rings is 3. The Morgan fingerprint density at radius 2 is 1.65 bits per heavy atom. The lowest BCUT2D eigenvalue weighted by Gasteiger charge is -2.23. The number of ketones is 1. The lowest BCUT2D eigenvalue weighted by atomic mass is 9.88. The van der Waals surface area contributed by atoms with Crippen molar-refractivity contribution in [1.29, 1.82) is 0 Å². The summed E-state index contributed by atoms with van der Waals surface area (Å²) < 4.78 is 11.0. The summed E-state index contributed by atoms with van der Waals surface area (Å²) in [6, 6.07) is 23.1. The van der Waals surface area contributed by atoms with E-state index in [1.165, 1.54) is 12.0 Å². The van der Waals surface area contributed by atoms with Gasteiger partial charge in [0.15, 0.2) is 11.4 Å². The van der Waals surface area contributed by atoms with Crippen LogP contribution in [0.5, 0.6) is 11.5 Å². The second kappa shape index (κ2) is 8.62. The van der Waals surface area contributed by atoms with Crippen LogP contribution in [0.2, 0.25) is 0 Å². The van der Waals surface area contributed by atoms with Crippen molar-refractivity contribution in [2.24, 2.45) is 0 Å². The number of aliphatic hydroxyl groups is 1. The first kappa shape index (κ1) is 20.6. The van der Waals surface area contributed by atoms with Crippen LogP contribution in [0.25, 0.3) is 0 Å². The minimum absolute atomic E-state index is 0.246. The van der Waals surface area contributed by atoms with Crippen LogP contribution in [0.3, 0.4) is 0 Å². The molecule has 1 heterocycles. The van der Waals surface area contributed by atoms with Gasteiger partial charge in [0.1, 0.15) is 18.1 Å². The number of anilines is 1. The van der Waals surface area contributed by atoms with Crippen LogP contribution in [0.15, 0.2) is 78.9 Å². The van der Waals surface area contributed by atoms with Crippen LogP contribution in [0.4, 0.5) is 5.69 Å². The first-order chi connectivity index (χ1) is 15.0. The third-order valence-corrected chi connectivity index (χ3v) is 5.39. The predicted molar refractivity (Wildman–Crippen MR) is 117 cm³/mol. The van der Waals surface area contributed by atoms with Gasteiger partial charge in [0.05, 0.1) is 31.3 Å². The molecule has 1 amide bonds. The zero-order valence-electron chi connectivity index (χ0n) is 17.2. The standard InChI is InChI=1S/C25H23NO5/c1-30-23-14-8-5-11-19(23)22(27)17-25(29)20-12-6-7-13-21(20)26(24(25)28)15-16-31-18-9-3-2-4-10-18/h2-14,29H,15-17H2,1H3/t25-/m1/s1. The fourth-order valence-electron chi connectivity index (χ4n) is 3.87. The van der Waals surface area contributed by atoms with E-state index in [9.17, 15) is 14.7 Å². The molecule has 0 fully saturated rings. The van der Waals surface area contributed by atoms with Crippen molar-refractivity contribution < 1.29 is 24.2 Å². The molecule has 1 atom stereocenters. The zero-order valence-corrected chi connectivity index (χ0v) is 17.2. The fourth-order valence-corrected chi connectivity index (χ4v) is 3.87. The van der Waals surface area contributed by atoms with Crippen molar-refractivity contribution >= 4 is 17.4 Å². The monoisotopic (exact) mass is 417 g/mol. The van der Waals surface area contributed by atoms with Gasteiger partial charge in [-0.15, -0.1) is 0 Å². The molecule has 6 nitrogen and oxygen atoms in total. The van der Waals surface area contributed by atoms with Gasteiger partial charge in [-0.3, -0.25) is 9.59 Å². The Bertz CT molecular complexity index is 1100. The van der Waals surface area contributed by atoms with Gasteiger partial charge in [0.2, 0.25) is 0 Å². The first-order valence-electron chi connectivity index (χ1n) is 10.0. The molecule has 1 N–H and O–H groups in total. The molecular weight excluding hydrogens is 394 g/mol. The molecule has 0 aromatic heterocycles. The number of ether oxygens (including phenoxy) is 2. The van der Waals surface area contributed by atoms with E-state index >= 15 is 0 Å². The number of nitrogens with zero attached hydrogens (tertiary/aromatic N) is 1. The highest BCUT2D eigenvalue weighted by atomic mass is 16.5. The van der Waals surface area contributed by atoms with E-state index in [0.29, 0.717) is 28.3 Å². The molecule has 1 aliphatic rings. The summed E-state index contributed by atoms with van der Waals surface area (Å²) >= 11 is 0. The molecular formula is C25H23NO5. The molecule has 3 aromatic rings. The van der Waals surface area contributed by atoms with Gasteiger partial charge in [-0.05, 0) is 30.3 Å². The van der Waals surface area contributed by atoms with Gasteiger partial charge in [0, 0.05) is 5.56 Å². The molecule has 158 valence electrons. The molecule has 31 heavy (non-hydrogen) atoms. The lowest BCUT2D eigenvalue weighted by Crippen LogP contribution is -2.43. The Morgan fingerprint density at radius 3 is 2.42 bits per heavy atom. The number of carbonyl (C=O) groups excluding carboxylic acids is 2. The van der Waals surface area contributed by atoms with E-state index in [1.807, 2.05) is 30.3 Å². The SMILES string of the molecule is COc1ccccc1C(=O)C[C@]1(O)C(=O)N(CCOc2ccccc2)c2ccccc21. The Labute approximate surface area is 180 Å². The van der Waals surface area contributed by atoms with Crippen LogP contribution in [-0.2, 0) is 10.4 Å². The highest BCUT2D eigenvalue weighted by molar-refractivity contribution is 6.11. The van der Waals surface area contributed by atoms with Crippen LogP contribution in [-0.4, -0.2) is 37.1 Å². The number of amides is 1. The Hall–Kier alpha value is -3.64. The molecule has 0 spiro atoms. The largest absolute Gasteiger partial charge is 0.496 e. The fraction of sp³-hybridized carbons (Fsp3) is 0.200. The zero-order chi connectivity index (χ0) is 21.8. The van der Waals surface area contributed by atoms with E-state index in [4.69, 9.17) is 9.47 Å². The first-order valence-corrected chi connectivity index (χ1v) is 10.0. The highest BCUT2D eigenvalue weighted by Crippen LogP contribution is 2.43.